The van der Waals surface area contributed by atoms with Crippen LogP contribution in [0.25, 0.3) is 0 Å². The van der Waals surface area contributed by atoms with Crippen molar-refractivity contribution < 1.29 is 0 Å². The largest absolute Gasteiger partial charge is 0.394 e. The standard InChI is InChI=1S/C18H16N4S/c19-16-17(22-11-10-13-6-4-5-9-15(13)22)20-12-21-18(16)23-14-7-2-1-3-8-14/h1-9,12H,10-11,19H2. The first-order chi connectivity index (χ1) is 11.3. The Hall–Kier alpha value is -2.53. The number of fused-ring (bicyclic) bond motifs is 1. The molecule has 0 atom stereocenters. The van der Waals surface area contributed by atoms with Gasteiger partial charge < -0.3 is 10.6 Å². The first-order valence-corrected chi connectivity index (χ1v) is 8.33. The van der Waals surface area contributed by atoms with E-state index in [2.05, 4.69) is 45.2 Å². The zero-order chi connectivity index (χ0) is 15.6. The molecule has 0 aliphatic carbocycles. The zero-order valence-electron chi connectivity index (χ0n) is 12.5. The van der Waals surface area contributed by atoms with Crippen LogP contribution in [0.2, 0.25) is 0 Å². The van der Waals surface area contributed by atoms with Crippen molar-refractivity contribution in [1.82, 2.24) is 9.97 Å². The van der Waals surface area contributed by atoms with Gasteiger partial charge in [-0.3, -0.25) is 0 Å². The monoisotopic (exact) mass is 320 g/mol. The molecule has 0 saturated carbocycles. The Labute approximate surface area is 139 Å². The summed E-state index contributed by atoms with van der Waals surface area (Å²) in [6.07, 6.45) is 2.61. The lowest BCUT2D eigenvalue weighted by Crippen LogP contribution is -2.17. The number of hydrogen-bond acceptors (Lipinski definition) is 5. The number of aromatic nitrogens is 2. The quantitative estimate of drug-likeness (QED) is 0.742. The minimum Gasteiger partial charge on any atom is -0.394 e. The van der Waals surface area contributed by atoms with Crippen LogP contribution in [-0.4, -0.2) is 16.5 Å². The van der Waals surface area contributed by atoms with Crippen molar-refractivity contribution in [3.63, 3.8) is 0 Å². The van der Waals surface area contributed by atoms with E-state index >= 15 is 0 Å². The topological polar surface area (TPSA) is 55.0 Å². The first kappa shape index (κ1) is 14.1. The number of anilines is 3. The SMILES string of the molecule is Nc1c(Sc2ccccc2)ncnc1N1CCc2ccccc21. The fraction of sp³-hybridized carbons (Fsp3) is 0.111. The van der Waals surface area contributed by atoms with E-state index in [1.54, 1.807) is 18.1 Å². The number of rotatable bonds is 3. The van der Waals surface area contributed by atoms with Gasteiger partial charge in [-0.15, -0.1) is 0 Å². The smallest absolute Gasteiger partial charge is 0.160 e. The zero-order valence-corrected chi connectivity index (χ0v) is 13.3. The van der Waals surface area contributed by atoms with Crippen molar-refractivity contribution in [3.8, 4) is 0 Å². The highest BCUT2D eigenvalue weighted by Crippen LogP contribution is 2.39. The fourth-order valence-corrected chi connectivity index (χ4v) is 3.64. The van der Waals surface area contributed by atoms with Gasteiger partial charge in [0.15, 0.2) is 5.82 Å². The average Bonchev–Trinajstić information content (AvgIpc) is 3.02. The van der Waals surface area contributed by atoms with Crippen LogP contribution in [0, 0.1) is 0 Å². The second kappa shape index (κ2) is 5.93. The summed E-state index contributed by atoms with van der Waals surface area (Å²) in [5, 5.41) is 0.797. The third-order valence-corrected chi connectivity index (χ3v) is 4.95. The van der Waals surface area contributed by atoms with Gasteiger partial charge >= 0.3 is 0 Å². The van der Waals surface area contributed by atoms with Crippen molar-refractivity contribution in [2.75, 3.05) is 17.2 Å². The number of hydrogen-bond donors (Lipinski definition) is 1. The van der Waals surface area contributed by atoms with Crippen molar-refractivity contribution >= 4 is 29.0 Å². The molecular weight excluding hydrogens is 304 g/mol. The van der Waals surface area contributed by atoms with Crippen LogP contribution in [0.15, 0.2) is 70.8 Å². The molecular formula is C18H16N4S. The first-order valence-electron chi connectivity index (χ1n) is 7.52. The molecule has 0 amide bonds. The van der Waals surface area contributed by atoms with E-state index in [9.17, 15) is 0 Å². The molecule has 1 aromatic heterocycles. The highest BCUT2D eigenvalue weighted by molar-refractivity contribution is 7.99. The van der Waals surface area contributed by atoms with Crippen LogP contribution in [0.5, 0.6) is 0 Å². The van der Waals surface area contributed by atoms with Crippen LogP contribution < -0.4 is 10.6 Å². The van der Waals surface area contributed by atoms with Gasteiger partial charge in [-0.1, -0.05) is 48.2 Å². The molecule has 0 bridgehead atoms. The van der Waals surface area contributed by atoms with Crippen LogP contribution >= 0.6 is 11.8 Å². The minimum atomic E-state index is 0.637. The highest BCUT2D eigenvalue weighted by Gasteiger charge is 2.24. The molecule has 2 heterocycles. The maximum Gasteiger partial charge on any atom is 0.160 e. The summed E-state index contributed by atoms with van der Waals surface area (Å²) >= 11 is 1.57. The number of benzene rings is 2. The predicted molar refractivity (Wildman–Crippen MR) is 94.2 cm³/mol. The molecule has 4 rings (SSSR count). The maximum atomic E-state index is 6.38. The van der Waals surface area contributed by atoms with Crippen molar-refractivity contribution in [3.05, 3.63) is 66.5 Å². The summed E-state index contributed by atoms with van der Waals surface area (Å²) in [6, 6.07) is 18.5. The Bertz CT molecular complexity index is 835. The van der Waals surface area contributed by atoms with Crippen molar-refractivity contribution in [1.29, 1.82) is 0 Å². The third-order valence-electron chi connectivity index (χ3n) is 3.93. The molecule has 1 aliphatic rings. The second-order valence-electron chi connectivity index (χ2n) is 5.36. The Morgan fingerprint density at radius 1 is 0.957 bits per heavy atom. The van der Waals surface area contributed by atoms with Gasteiger partial charge in [0.25, 0.3) is 0 Å². The Balaban J connectivity index is 1.70. The molecule has 5 heteroatoms. The van der Waals surface area contributed by atoms with Crippen molar-refractivity contribution in [2.24, 2.45) is 0 Å². The lowest BCUT2D eigenvalue weighted by atomic mass is 10.2. The van der Waals surface area contributed by atoms with E-state index in [0.29, 0.717) is 5.69 Å². The van der Waals surface area contributed by atoms with Gasteiger partial charge in [-0.25, -0.2) is 9.97 Å². The Kier molecular flexibility index (Phi) is 3.63. The molecule has 2 aromatic carbocycles. The lowest BCUT2D eigenvalue weighted by molar-refractivity contribution is 0.948. The summed E-state index contributed by atoms with van der Waals surface area (Å²) in [4.78, 5) is 12.1. The van der Waals surface area contributed by atoms with E-state index in [4.69, 9.17) is 5.73 Å². The summed E-state index contributed by atoms with van der Waals surface area (Å²) in [7, 11) is 0. The highest BCUT2D eigenvalue weighted by atomic mass is 32.2. The van der Waals surface area contributed by atoms with E-state index in [1.807, 2.05) is 24.3 Å². The summed E-state index contributed by atoms with van der Waals surface area (Å²) in [5.74, 6) is 0.795. The molecule has 4 nitrogen and oxygen atoms in total. The number of nitrogen functional groups attached to an aromatic ring is 1. The van der Waals surface area contributed by atoms with Crippen LogP contribution in [0.3, 0.4) is 0 Å². The minimum absolute atomic E-state index is 0.637. The molecule has 0 unspecified atom stereocenters. The molecule has 0 radical (unpaired) electrons. The van der Waals surface area contributed by atoms with Gasteiger partial charge in [-0.2, -0.15) is 0 Å². The summed E-state index contributed by atoms with van der Waals surface area (Å²) < 4.78 is 0. The Morgan fingerprint density at radius 3 is 2.61 bits per heavy atom. The molecule has 2 N–H and O–H groups in total. The molecule has 3 aromatic rings. The Morgan fingerprint density at radius 2 is 1.74 bits per heavy atom. The van der Waals surface area contributed by atoms with E-state index < -0.39 is 0 Å². The van der Waals surface area contributed by atoms with Gasteiger partial charge in [-0.05, 0) is 30.2 Å². The molecule has 0 saturated heterocycles. The average molecular weight is 320 g/mol. The van der Waals surface area contributed by atoms with Gasteiger partial charge in [0.05, 0.1) is 0 Å². The third kappa shape index (κ3) is 2.64. The van der Waals surface area contributed by atoms with E-state index in [1.165, 1.54) is 11.3 Å². The molecule has 23 heavy (non-hydrogen) atoms. The molecule has 1 aliphatic heterocycles. The van der Waals surface area contributed by atoms with Gasteiger partial charge in [0.2, 0.25) is 0 Å². The molecule has 0 fully saturated rings. The fourth-order valence-electron chi connectivity index (χ4n) is 2.83. The number of nitrogens with zero attached hydrogens (tertiary/aromatic N) is 3. The van der Waals surface area contributed by atoms with Crippen molar-refractivity contribution in [2.45, 2.75) is 16.3 Å². The normalized spacial score (nSPS) is 13.1. The predicted octanol–water partition coefficient (Wildman–Crippen LogP) is 3.90. The van der Waals surface area contributed by atoms with Crippen LogP contribution in [-0.2, 0) is 6.42 Å². The summed E-state index contributed by atoms with van der Waals surface area (Å²) in [6.45, 7) is 0.899. The maximum absolute atomic E-state index is 6.38. The summed E-state index contributed by atoms with van der Waals surface area (Å²) in [5.41, 5.74) is 9.54. The lowest BCUT2D eigenvalue weighted by Gasteiger charge is -2.20. The van der Waals surface area contributed by atoms with E-state index in [-0.39, 0.29) is 0 Å². The second-order valence-corrected chi connectivity index (χ2v) is 6.42. The van der Waals surface area contributed by atoms with Crippen LogP contribution in [0.4, 0.5) is 17.2 Å². The molecule has 0 spiro atoms. The molecule has 114 valence electrons. The number of para-hydroxylation sites is 1. The van der Waals surface area contributed by atoms with Crippen LogP contribution in [0.1, 0.15) is 5.56 Å². The van der Waals surface area contributed by atoms with Gasteiger partial charge in [0.1, 0.15) is 17.0 Å². The number of nitrogens with two attached hydrogens (primary N) is 1. The van der Waals surface area contributed by atoms with Gasteiger partial charge in [0, 0.05) is 17.1 Å². The van der Waals surface area contributed by atoms with E-state index in [0.717, 1.165) is 28.7 Å².